The third-order valence-electron chi connectivity index (χ3n) is 4.98. The Balaban J connectivity index is 1.49. The lowest BCUT2D eigenvalue weighted by Gasteiger charge is -2.11. The fraction of sp³-hybridized carbons (Fsp3) is 0.250. The molecule has 8 nitrogen and oxygen atoms in total. The molecule has 0 spiro atoms. The summed E-state index contributed by atoms with van der Waals surface area (Å²) >= 11 is 1.64. The minimum absolute atomic E-state index is 0.0500. The Kier molecular flexibility index (Phi) is 4.44. The van der Waals surface area contributed by atoms with Gasteiger partial charge in [0.05, 0.1) is 18.3 Å². The minimum Gasteiger partial charge on any atom is -0.368 e. The van der Waals surface area contributed by atoms with Crippen LogP contribution in [0.25, 0.3) is 10.2 Å². The van der Waals surface area contributed by atoms with Gasteiger partial charge in [-0.1, -0.05) is 18.2 Å². The van der Waals surface area contributed by atoms with Crippen LogP contribution in [0.4, 0.5) is 17.6 Å². The number of benzene rings is 1. The molecule has 9 heteroatoms. The average Bonchev–Trinajstić information content (AvgIpc) is 3.10. The van der Waals surface area contributed by atoms with Crippen LogP contribution in [0.5, 0.6) is 0 Å². The van der Waals surface area contributed by atoms with Gasteiger partial charge in [0.2, 0.25) is 11.9 Å². The smallest absolute Gasteiger partial charge is 0.262 e. The Morgan fingerprint density at radius 2 is 1.93 bits per heavy atom. The first kappa shape index (κ1) is 17.7. The van der Waals surface area contributed by atoms with E-state index in [1.54, 1.807) is 22.2 Å². The number of nitrogens with two attached hydrogens (primary N) is 1. The number of rotatable bonds is 4. The lowest BCUT2D eigenvalue weighted by atomic mass is 9.97. The van der Waals surface area contributed by atoms with Gasteiger partial charge in [0.1, 0.15) is 4.83 Å². The second-order valence-corrected chi connectivity index (χ2v) is 8.08. The lowest BCUT2D eigenvalue weighted by Crippen LogP contribution is -2.23. The third-order valence-corrected chi connectivity index (χ3v) is 6.18. The molecule has 3 heterocycles. The first-order valence-corrected chi connectivity index (χ1v) is 10.3. The van der Waals surface area contributed by atoms with Gasteiger partial charge < -0.3 is 11.1 Å². The average molecular weight is 405 g/mol. The molecule has 0 aliphatic heterocycles. The molecular weight excluding hydrogens is 386 g/mol. The molecule has 0 atom stereocenters. The number of hydrogen-bond acceptors (Lipinski definition) is 8. The first-order valence-electron chi connectivity index (χ1n) is 9.49. The third kappa shape index (κ3) is 3.44. The maximum absolute atomic E-state index is 13.1. The molecule has 0 fully saturated rings. The Morgan fingerprint density at radius 3 is 2.79 bits per heavy atom. The van der Waals surface area contributed by atoms with Crippen molar-refractivity contribution in [2.45, 2.75) is 32.2 Å². The number of aromatic nitrogens is 5. The van der Waals surface area contributed by atoms with Crippen LogP contribution >= 0.6 is 11.3 Å². The maximum Gasteiger partial charge on any atom is 0.262 e. The van der Waals surface area contributed by atoms with Crippen LogP contribution in [0.3, 0.4) is 0 Å². The number of nitrogen functional groups attached to an aromatic ring is 1. The highest BCUT2D eigenvalue weighted by Crippen LogP contribution is 2.33. The van der Waals surface area contributed by atoms with Gasteiger partial charge in [0.25, 0.3) is 5.56 Å². The SMILES string of the molecule is Nc1nc(Cn2cnc3sc4c(c3c2=O)CCCC4)nc(Nc2ccccc2)n1. The summed E-state index contributed by atoms with van der Waals surface area (Å²) in [7, 11) is 0. The van der Waals surface area contributed by atoms with Crippen molar-refractivity contribution in [3.05, 3.63) is 63.3 Å². The molecule has 0 amide bonds. The molecule has 146 valence electrons. The summed E-state index contributed by atoms with van der Waals surface area (Å²) in [6.45, 7) is 0.183. The number of hydrogen-bond donors (Lipinski definition) is 2. The van der Waals surface area contributed by atoms with Gasteiger partial charge in [-0.2, -0.15) is 15.0 Å². The predicted molar refractivity (Wildman–Crippen MR) is 114 cm³/mol. The van der Waals surface area contributed by atoms with E-state index < -0.39 is 0 Å². The van der Waals surface area contributed by atoms with Crippen LogP contribution in [0.1, 0.15) is 29.1 Å². The standard InChI is InChI=1S/C20H19N7OS/c21-19-24-15(25-20(26-19)23-12-6-2-1-3-7-12)10-27-11-22-17-16(18(27)28)13-8-4-5-9-14(13)29-17/h1-3,6-7,11H,4-5,8-10H2,(H3,21,23,24,25,26). The molecule has 3 N–H and O–H groups in total. The number of fused-ring (bicyclic) bond motifs is 3. The summed E-state index contributed by atoms with van der Waals surface area (Å²) < 4.78 is 1.55. The number of nitrogens with one attached hydrogen (secondary N) is 1. The number of aryl methyl sites for hydroxylation is 2. The van der Waals surface area contributed by atoms with Crippen molar-refractivity contribution in [3.63, 3.8) is 0 Å². The quantitative estimate of drug-likeness (QED) is 0.537. The zero-order chi connectivity index (χ0) is 19.8. The molecule has 0 saturated heterocycles. The molecule has 0 radical (unpaired) electrons. The minimum atomic E-state index is -0.0500. The molecule has 4 aromatic rings. The van der Waals surface area contributed by atoms with E-state index in [-0.39, 0.29) is 18.1 Å². The first-order chi connectivity index (χ1) is 14.2. The molecule has 0 unspecified atom stereocenters. The van der Waals surface area contributed by atoms with E-state index in [4.69, 9.17) is 5.73 Å². The van der Waals surface area contributed by atoms with E-state index in [0.717, 1.165) is 35.2 Å². The van der Waals surface area contributed by atoms with Crippen molar-refractivity contribution < 1.29 is 0 Å². The van der Waals surface area contributed by atoms with Crippen LogP contribution < -0.4 is 16.6 Å². The van der Waals surface area contributed by atoms with Crippen molar-refractivity contribution >= 4 is 39.1 Å². The molecule has 1 aliphatic carbocycles. The van der Waals surface area contributed by atoms with Crippen LogP contribution in [0, 0.1) is 0 Å². The summed E-state index contributed by atoms with van der Waals surface area (Å²) in [5.74, 6) is 0.848. The van der Waals surface area contributed by atoms with Crippen molar-refractivity contribution in [2.24, 2.45) is 0 Å². The Hall–Kier alpha value is -3.33. The highest BCUT2D eigenvalue weighted by atomic mass is 32.1. The van der Waals surface area contributed by atoms with Gasteiger partial charge in [-0.15, -0.1) is 11.3 Å². The summed E-state index contributed by atoms with van der Waals surface area (Å²) in [6, 6.07) is 9.56. The zero-order valence-corrected chi connectivity index (χ0v) is 16.4. The molecule has 1 aromatic carbocycles. The monoisotopic (exact) mass is 405 g/mol. The van der Waals surface area contributed by atoms with E-state index >= 15 is 0 Å². The summed E-state index contributed by atoms with van der Waals surface area (Å²) in [6.07, 6.45) is 5.84. The Labute approximate surface area is 170 Å². The number of para-hydroxylation sites is 1. The van der Waals surface area contributed by atoms with Gasteiger partial charge in [0, 0.05) is 10.6 Å². The van der Waals surface area contributed by atoms with Crippen LogP contribution in [-0.2, 0) is 19.4 Å². The summed E-state index contributed by atoms with van der Waals surface area (Å²) in [5.41, 5.74) is 7.83. The Bertz CT molecular complexity index is 1250. The molecule has 3 aromatic heterocycles. The maximum atomic E-state index is 13.1. The van der Waals surface area contributed by atoms with Crippen molar-refractivity contribution in [3.8, 4) is 0 Å². The highest BCUT2D eigenvalue weighted by Gasteiger charge is 2.20. The van der Waals surface area contributed by atoms with Crippen LogP contribution in [0.15, 0.2) is 41.5 Å². The molecule has 1 aliphatic rings. The van der Waals surface area contributed by atoms with Crippen molar-refractivity contribution in [2.75, 3.05) is 11.1 Å². The second-order valence-electron chi connectivity index (χ2n) is 6.99. The zero-order valence-electron chi connectivity index (χ0n) is 15.6. The van der Waals surface area contributed by atoms with Gasteiger partial charge >= 0.3 is 0 Å². The van der Waals surface area contributed by atoms with Crippen LogP contribution in [-0.4, -0.2) is 24.5 Å². The topological polar surface area (TPSA) is 112 Å². The summed E-state index contributed by atoms with van der Waals surface area (Å²) in [5, 5.41) is 3.86. The van der Waals surface area contributed by atoms with Crippen molar-refractivity contribution in [1.82, 2.24) is 24.5 Å². The lowest BCUT2D eigenvalue weighted by molar-refractivity contribution is 0.691. The molecular formula is C20H19N7OS. The number of nitrogens with zero attached hydrogens (tertiary/aromatic N) is 5. The number of anilines is 3. The fourth-order valence-corrected chi connectivity index (χ4v) is 4.88. The largest absolute Gasteiger partial charge is 0.368 e. The molecule has 5 rings (SSSR count). The van der Waals surface area contributed by atoms with Crippen molar-refractivity contribution in [1.29, 1.82) is 0 Å². The molecule has 0 saturated carbocycles. The van der Waals surface area contributed by atoms with Crippen LogP contribution in [0.2, 0.25) is 0 Å². The van der Waals surface area contributed by atoms with Gasteiger partial charge in [-0.3, -0.25) is 9.36 Å². The molecule has 29 heavy (non-hydrogen) atoms. The molecule has 0 bridgehead atoms. The fourth-order valence-electron chi connectivity index (χ4n) is 3.66. The second kappa shape index (κ2) is 7.25. The summed E-state index contributed by atoms with van der Waals surface area (Å²) in [4.78, 5) is 32.5. The highest BCUT2D eigenvalue weighted by molar-refractivity contribution is 7.18. The normalized spacial score (nSPS) is 13.4. The number of thiophene rings is 1. The van der Waals surface area contributed by atoms with E-state index in [2.05, 4.69) is 25.3 Å². The van der Waals surface area contributed by atoms with E-state index in [9.17, 15) is 4.79 Å². The Morgan fingerprint density at radius 1 is 1.10 bits per heavy atom. The predicted octanol–water partition coefficient (Wildman–Crippen LogP) is 2.90. The van der Waals surface area contributed by atoms with E-state index in [1.807, 2.05) is 30.3 Å². The van der Waals surface area contributed by atoms with E-state index in [0.29, 0.717) is 11.8 Å². The van der Waals surface area contributed by atoms with Gasteiger partial charge in [-0.05, 0) is 43.4 Å². The van der Waals surface area contributed by atoms with Gasteiger partial charge in [0.15, 0.2) is 5.82 Å². The van der Waals surface area contributed by atoms with E-state index in [1.165, 1.54) is 16.9 Å². The van der Waals surface area contributed by atoms with Gasteiger partial charge in [-0.25, -0.2) is 4.98 Å².